The van der Waals surface area contributed by atoms with Crippen molar-refractivity contribution in [2.45, 2.75) is 18.7 Å². The van der Waals surface area contributed by atoms with E-state index in [1.54, 1.807) is 20.3 Å². The molecule has 2 aromatic heterocycles. The van der Waals surface area contributed by atoms with Crippen LogP contribution in [-0.2, 0) is 11.0 Å². The summed E-state index contributed by atoms with van der Waals surface area (Å²) in [7, 11) is -2.65. The van der Waals surface area contributed by atoms with Gasteiger partial charge in [-0.1, -0.05) is 12.1 Å². The maximum absolute atomic E-state index is 14.9. The van der Waals surface area contributed by atoms with Gasteiger partial charge in [0.25, 0.3) is 0 Å². The normalized spacial score (nSPS) is 12.8. The van der Waals surface area contributed by atoms with Crippen LogP contribution in [0.15, 0.2) is 42.7 Å². The zero-order chi connectivity index (χ0) is 24.8. The van der Waals surface area contributed by atoms with Crippen molar-refractivity contribution < 1.29 is 17.7 Å². The first-order valence-electron chi connectivity index (χ1n) is 10.3. The predicted molar refractivity (Wildman–Crippen MR) is 130 cm³/mol. The summed E-state index contributed by atoms with van der Waals surface area (Å²) in [5.41, 5.74) is 8.95. The van der Waals surface area contributed by atoms with Crippen molar-refractivity contribution >= 4 is 40.9 Å². The Bertz CT molecular complexity index is 1460. The van der Waals surface area contributed by atoms with Crippen LogP contribution in [-0.4, -0.2) is 28.3 Å². The fourth-order valence-corrected chi connectivity index (χ4v) is 4.74. The first kappa shape index (κ1) is 24.2. The lowest BCUT2D eigenvalue weighted by Gasteiger charge is -2.17. The van der Waals surface area contributed by atoms with Crippen molar-refractivity contribution in [1.29, 1.82) is 0 Å². The number of benzene rings is 2. The van der Waals surface area contributed by atoms with Crippen molar-refractivity contribution in [3.8, 4) is 11.1 Å². The minimum Gasteiger partial charge on any atom is -0.398 e. The smallest absolute Gasteiger partial charge is 0.188 e. The third-order valence-corrected chi connectivity index (χ3v) is 7.14. The lowest BCUT2D eigenvalue weighted by Crippen LogP contribution is -2.12. The second-order valence-corrected chi connectivity index (χ2v) is 12.0. The molecule has 0 radical (unpaired) electrons. The highest BCUT2D eigenvalue weighted by Crippen LogP contribution is 2.37. The summed E-state index contributed by atoms with van der Waals surface area (Å²) in [6, 6.07) is 6.62. The van der Waals surface area contributed by atoms with Gasteiger partial charge in [-0.2, -0.15) is 0 Å². The number of nitrogens with two attached hydrogens (primary N) is 1. The molecule has 2 heterocycles. The van der Waals surface area contributed by atoms with E-state index < -0.39 is 30.0 Å². The first-order chi connectivity index (χ1) is 16.0. The maximum Gasteiger partial charge on any atom is 0.188 e. The number of nitrogens with zero attached hydrogens (tertiary/aromatic N) is 3. The van der Waals surface area contributed by atoms with Crippen molar-refractivity contribution in [2.24, 2.45) is 0 Å². The number of rotatable bonds is 5. The van der Waals surface area contributed by atoms with Crippen LogP contribution in [0.25, 0.3) is 22.0 Å². The molecule has 2 N–H and O–H groups in total. The van der Waals surface area contributed by atoms with E-state index in [0.29, 0.717) is 33.4 Å². The quantitative estimate of drug-likeness (QED) is 0.275. The highest BCUT2D eigenvalue weighted by atomic mass is 35.5. The lowest BCUT2D eigenvalue weighted by molar-refractivity contribution is 0.497. The monoisotopic (exact) mass is 504 g/mol. The summed E-state index contributed by atoms with van der Waals surface area (Å²) < 4.78 is 55.0. The fraction of sp³-hybridized carbons (Fsp3) is 0.208. The van der Waals surface area contributed by atoms with Gasteiger partial charge >= 0.3 is 0 Å². The van der Waals surface area contributed by atoms with E-state index in [4.69, 9.17) is 17.3 Å². The molecular weight excluding hydrogens is 484 g/mol. The number of halogens is 4. The molecule has 34 heavy (non-hydrogen) atoms. The Hall–Kier alpha value is -2.96. The maximum atomic E-state index is 14.9. The van der Waals surface area contributed by atoms with E-state index in [2.05, 4.69) is 15.0 Å². The number of aryl methyl sites for hydroxylation is 1. The van der Waals surface area contributed by atoms with E-state index in [9.17, 15) is 17.7 Å². The van der Waals surface area contributed by atoms with E-state index in [0.717, 1.165) is 6.07 Å². The lowest BCUT2D eigenvalue weighted by atomic mass is 9.97. The van der Waals surface area contributed by atoms with E-state index >= 15 is 0 Å². The van der Waals surface area contributed by atoms with Crippen LogP contribution in [0.4, 0.5) is 18.9 Å². The largest absolute Gasteiger partial charge is 0.398 e. The number of hydrogen-bond donors (Lipinski definition) is 1. The van der Waals surface area contributed by atoms with Gasteiger partial charge in [0, 0.05) is 51.9 Å². The third-order valence-electron chi connectivity index (χ3n) is 5.56. The topological polar surface area (TPSA) is 81.8 Å². The molecule has 0 spiro atoms. The van der Waals surface area contributed by atoms with Crippen LogP contribution in [0.5, 0.6) is 0 Å². The fourth-order valence-electron chi connectivity index (χ4n) is 3.75. The van der Waals surface area contributed by atoms with Crippen molar-refractivity contribution in [3.05, 3.63) is 77.0 Å². The molecule has 0 aliphatic carbocycles. The van der Waals surface area contributed by atoms with Crippen LogP contribution in [0.1, 0.15) is 22.2 Å². The number of pyridine rings is 1. The molecule has 0 aliphatic heterocycles. The van der Waals surface area contributed by atoms with Crippen LogP contribution in [0, 0.1) is 24.4 Å². The standard InChI is InChI=1S/C24H21ClF3N4OP/c1-12-15(8-18(25)14-5-4-6-19(26)22(14)28)23(29)17-7-16(20(27)9-21(17)32-12)13-10-30-24(31-11-13)34(2,3)33/h4-7,9-11,18H,8H2,1-3H3,(H2,29,32)/t18-/m0/s1. The number of nitrogen functional groups attached to an aromatic ring is 1. The molecule has 0 saturated heterocycles. The van der Waals surface area contributed by atoms with Crippen molar-refractivity contribution in [2.75, 3.05) is 19.1 Å². The Balaban J connectivity index is 1.78. The number of hydrogen-bond acceptors (Lipinski definition) is 5. The second-order valence-electron chi connectivity index (χ2n) is 8.38. The van der Waals surface area contributed by atoms with Crippen molar-refractivity contribution in [1.82, 2.24) is 15.0 Å². The van der Waals surface area contributed by atoms with Gasteiger partial charge in [0.05, 0.1) is 10.9 Å². The zero-order valence-corrected chi connectivity index (χ0v) is 20.3. The zero-order valence-electron chi connectivity index (χ0n) is 18.6. The van der Waals surface area contributed by atoms with Crippen LogP contribution in [0.2, 0.25) is 0 Å². The average molecular weight is 505 g/mol. The number of alkyl halides is 1. The Kier molecular flexibility index (Phi) is 6.40. The minimum atomic E-state index is -2.65. The Morgan fingerprint density at radius 1 is 1.09 bits per heavy atom. The SMILES string of the molecule is Cc1nc2cc(F)c(-c3cnc(P(C)(C)=O)nc3)cc2c(N)c1C[C@H](Cl)c1cccc(F)c1F. The van der Waals surface area contributed by atoms with Crippen molar-refractivity contribution in [3.63, 3.8) is 0 Å². The third kappa shape index (κ3) is 4.52. The van der Waals surface area contributed by atoms with Gasteiger partial charge in [-0.05, 0) is 44.4 Å². The molecule has 4 aromatic rings. The summed E-state index contributed by atoms with van der Waals surface area (Å²) in [6.07, 6.45) is 2.91. The molecule has 0 bridgehead atoms. The van der Waals surface area contributed by atoms with Crippen LogP contribution >= 0.6 is 18.7 Å². The molecule has 0 unspecified atom stereocenters. The van der Waals surface area contributed by atoms with E-state index in [1.807, 2.05) is 0 Å². The Labute approximate surface area is 199 Å². The van der Waals surface area contributed by atoms with Gasteiger partial charge in [-0.3, -0.25) is 4.98 Å². The summed E-state index contributed by atoms with van der Waals surface area (Å²) in [6.45, 7) is 4.80. The molecule has 4 rings (SSSR count). The van der Waals surface area contributed by atoms with E-state index in [1.165, 1.54) is 36.7 Å². The average Bonchev–Trinajstić information content (AvgIpc) is 2.77. The summed E-state index contributed by atoms with van der Waals surface area (Å²) >= 11 is 6.43. The molecule has 1 atom stereocenters. The van der Waals surface area contributed by atoms with Gasteiger partial charge in [0.2, 0.25) is 0 Å². The van der Waals surface area contributed by atoms with Gasteiger partial charge in [0.15, 0.2) is 17.2 Å². The minimum absolute atomic E-state index is 0.0155. The molecule has 0 saturated carbocycles. The van der Waals surface area contributed by atoms with Gasteiger partial charge in [0.1, 0.15) is 13.0 Å². The molecule has 2 aromatic carbocycles. The molecule has 0 aliphatic rings. The molecule has 176 valence electrons. The summed E-state index contributed by atoms with van der Waals surface area (Å²) in [5.74, 6) is -2.54. The number of anilines is 1. The molecule has 5 nitrogen and oxygen atoms in total. The predicted octanol–water partition coefficient (Wildman–Crippen LogP) is 5.77. The number of fused-ring (bicyclic) bond motifs is 1. The summed E-state index contributed by atoms with van der Waals surface area (Å²) in [5, 5.41) is -0.420. The Morgan fingerprint density at radius 3 is 2.41 bits per heavy atom. The first-order valence-corrected chi connectivity index (χ1v) is 13.3. The highest BCUT2D eigenvalue weighted by molar-refractivity contribution is 7.69. The highest BCUT2D eigenvalue weighted by Gasteiger charge is 2.21. The molecule has 0 fully saturated rings. The number of aromatic nitrogens is 3. The summed E-state index contributed by atoms with van der Waals surface area (Å²) in [4.78, 5) is 12.7. The molecular formula is C24H21ClF3N4OP. The van der Waals surface area contributed by atoms with Gasteiger partial charge in [-0.25, -0.2) is 23.1 Å². The van der Waals surface area contributed by atoms with E-state index in [-0.39, 0.29) is 23.1 Å². The molecule has 10 heteroatoms. The molecule has 0 amide bonds. The van der Waals surface area contributed by atoms with Crippen LogP contribution < -0.4 is 11.3 Å². The van der Waals surface area contributed by atoms with Crippen LogP contribution in [0.3, 0.4) is 0 Å². The van der Waals surface area contributed by atoms with Gasteiger partial charge in [-0.15, -0.1) is 11.6 Å². The Morgan fingerprint density at radius 2 is 1.76 bits per heavy atom. The van der Waals surface area contributed by atoms with Gasteiger partial charge < -0.3 is 10.3 Å². The second kappa shape index (κ2) is 9.01.